The van der Waals surface area contributed by atoms with Gasteiger partial charge < -0.3 is 0 Å². The van der Waals surface area contributed by atoms with E-state index in [1.807, 2.05) is 88.8 Å². The molecule has 61 heavy (non-hydrogen) atoms. The molecule has 0 aliphatic carbocycles. The highest BCUT2D eigenvalue weighted by atomic mass is 32.2. The topological polar surface area (TPSA) is 0 Å². The minimum absolute atomic E-state index is 0.928. The van der Waals surface area contributed by atoms with Crippen molar-refractivity contribution in [3.8, 4) is 0 Å². The molecule has 0 spiro atoms. The van der Waals surface area contributed by atoms with Crippen LogP contribution in [0.2, 0.25) is 0 Å². The van der Waals surface area contributed by atoms with E-state index in [9.17, 15) is 0 Å². The zero-order chi connectivity index (χ0) is 41.7. The van der Waals surface area contributed by atoms with Crippen LogP contribution < -0.4 is 0 Å². The maximum atomic E-state index is 2.25. The summed E-state index contributed by atoms with van der Waals surface area (Å²) in [6, 6.07) is 75.9. The molecular weight excluding hydrogens is 853 g/mol. The first-order valence-corrected chi connectivity index (χ1v) is 26.4. The Balaban J connectivity index is 0.000000729. The second-order valence-corrected chi connectivity index (χ2v) is 20.4. The average Bonchev–Trinajstić information content (AvgIpc) is 3.33. The fourth-order valence-corrected chi connectivity index (χ4v) is 12.8. The largest absolute Gasteiger partial charge is 0.121 e. The van der Waals surface area contributed by atoms with Crippen molar-refractivity contribution < 1.29 is 0 Å². The third-order valence-corrected chi connectivity index (χ3v) is 16.1. The van der Waals surface area contributed by atoms with Gasteiger partial charge in [0.05, 0.1) is 0 Å². The fourth-order valence-electron chi connectivity index (χ4n) is 6.71. The molecule has 0 nitrogen and oxygen atoms in total. The Hall–Kier alpha value is -4.14. The standard InChI is InChI=1S/C48H42S6.C7H8/c1-7-19-37(20-8-1)49-31-43-44(32-50-38-21-9-2-10-22-38)46(34-52-40-25-13-4-14-26-40)48(36-54-42-29-17-6-18-30-42)47(35-53-41-27-15-5-16-28-41)45(43)33-51-39-23-11-3-12-24-39;1-7-5-3-2-4-6-7/h1-30H,31-36H2;2-6H,1H3. The van der Waals surface area contributed by atoms with Crippen LogP contribution in [0.25, 0.3) is 0 Å². The van der Waals surface area contributed by atoms with E-state index in [1.54, 1.807) is 0 Å². The summed E-state index contributed by atoms with van der Waals surface area (Å²) in [4.78, 5) is 7.86. The van der Waals surface area contributed by atoms with Crippen LogP contribution in [0.4, 0.5) is 0 Å². The Labute approximate surface area is 389 Å². The average molecular weight is 903 g/mol. The Morgan fingerprint density at radius 2 is 0.361 bits per heavy atom. The van der Waals surface area contributed by atoms with E-state index in [0.29, 0.717) is 0 Å². The van der Waals surface area contributed by atoms with E-state index in [-0.39, 0.29) is 0 Å². The second-order valence-electron chi connectivity index (χ2n) is 14.1. The summed E-state index contributed by atoms with van der Waals surface area (Å²) in [6.45, 7) is 2.08. The molecule has 0 saturated carbocycles. The van der Waals surface area contributed by atoms with Crippen LogP contribution in [-0.2, 0) is 34.5 Å². The van der Waals surface area contributed by atoms with Gasteiger partial charge in [-0.15, -0.1) is 70.6 Å². The molecule has 8 aromatic rings. The lowest BCUT2D eigenvalue weighted by Gasteiger charge is -2.27. The lowest BCUT2D eigenvalue weighted by Crippen LogP contribution is -2.12. The first-order valence-electron chi connectivity index (χ1n) is 20.5. The molecule has 0 unspecified atom stereocenters. The lowest BCUT2D eigenvalue weighted by molar-refractivity contribution is 1.07. The normalized spacial score (nSPS) is 10.8. The Bertz CT molecular complexity index is 2020. The molecule has 0 saturated heterocycles. The minimum Gasteiger partial charge on any atom is -0.121 e. The highest BCUT2D eigenvalue weighted by molar-refractivity contribution is 8.00. The molecule has 6 heteroatoms. The summed E-state index contributed by atoms with van der Waals surface area (Å²) in [5.41, 5.74) is 10.4. The molecule has 0 aromatic heterocycles. The summed E-state index contributed by atoms with van der Waals surface area (Å²) in [5, 5.41) is 0. The van der Waals surface area contributed by atoms with E-state index in [2.05, 4.69) is 201 Å². The van der Waals surface area contributed by atoms with Crippen molar-refractivity contribution in [2.45, 2.75) is 70.8 Å². The van der Waals surface area contributed by atoms with Gasteiger partial charge in [-0.2, -0.15) is 0 Å². The van der Waals surface area contributed by atoms with E-state index >= 15 is 0 Å². The molecule has 8 rings (SSSR count). The third kappa shape index (κ3) is 14.5. The lowest BCUT2D eigenvalue weighted by atomic mass is 9.90. The van der Waals surface area contributed by atoms with E-state index < -0.39 is 0 Å². The molecule has 306 valence electrons. The third-order valence-electron chi connectivity index (χ3n) is 9.88. The zero-order valence-electron chi connectivity index (χ0n) is 34.4. The van der Waals surface area contributed by atoms with Crippen molar-refractivity contribution in [2.24, 2.45) is 0 Å². The molecular formula is C55H50S6. The molecule has 8 aromatic carbocycles. The Kier molecular flexibility index (Phi) is 18.5. The van der Waals surface area contributed by atoms with Crippen molar-refractivity contribution in [1.82, 2.24) is 0 Å². The summed E-state index contributed by atoms with van der Waals surface area (Å²) in [5.74, 6) is 5.57. The first kappa shape index (κ1) is 44.9. The number of hydrogen-bond donors (Lipinski definition) is 0. The monoisotopic (exact) mass is 902 g/mol. The van der Waals surface area contributed by atoms with Crippen molar-refractivity contribution in [3.05, 3.63) is 251 Å². The summed E-state index contributed by atoms with van der Waals surface area (Å²) < 4.78 is 0. The van der Waals surface area contributed by atoms with Crippen LogP contribution in [0.1, 0.15) is 38.9 Å². The molecule has 0 N–H and O–H groups in total. The maximum Gasteiger partial charge on any atom is 0.0238 e. The van der Waals surface area contributed by atoms with Crippen LogP contribution in [0.15, 0.2) is 242 Å². The van der Waals surface area contributed by atoms with Crippen molar-refractivity contribution in [3.63, 3.8) is 0 Å². The quantitative estimate of drug-likeness (QED) is 0.0781. The van der Waals surface area contributed by atoms with Crippen molar-refractivity contribution in [1.29, 1.82) is 0 Å². The van der Waals surface area contributed by atoms with Crippen LogP contribution >= 0.6 is 70.6 Å². The van der Waals surface area contributed by atoms with Crippen molar-refractivity contribution in [2.75, 3.05) is 0 Å². The molecule has 0 heterocycles. The fraction of sp³-hybridized carbons (Fsp3) is 0.127. The Morgan fingerprint density at radius 3 is 0.492 bits per heavy atom. The molecule has 0 atom stereocenters. The number of benzene rings is 8. The van der Waals surface area contributed by atoms with Gasteiger partial charge in [-0.25, -0.2) is 0 Å². The van der Waals surface area contributed by atoms with Gasteiger partial charge in [-0.1, -0.05) is 145 Å². The van der Waals surface area contributed by atoms with Gasteiger partial charge in [0.1, 0.15) is 0 Å². The van der Waals surface area contributed by atoms with Gasteiger partial charge in [0, 0.05) is 63.9 Å². The van der Waals surface area contributed by atoms with Crippen LogP contribution in [0.3, 0.4) is 0 Å². The van der Waals surface area contributed by atoms with Gasteiger partial charge >= 0.3 is 0 Å². The number of thioether (sulfide) groups is 6. The molecule has 0 radical (unpaired) electrons. The van der Waals surface area contributed by atoms with Gasteiger partial charge in [0.15, 0.2) is 0 Å². The van der Waals surface area contributed by atoms with Gasteiger partial charge in [0.2, 0.25) is 0 Å². The molecule has 0 aliphatic heterocycles. The van der Waals surface area contributed by atoms with E-state index in [0.717, 1.165) is 34.5 Å². The number of aryl methyl sites for hydroxylation is 1. The van der Waals surface area contributed by atoms with Crippen LogP contribution in [0, 0.1) is 6.92 Å². The first-order chi connectivity index (χ1) is 30.2. The highest BCUT2D eigenvalue weighted by Gasteiger charge is 2.25. The summed E-state index contributed by atoms with van der Waals surface area (Å²) >= 11 is 11.8. The number of hydrogen-bond acceptors (Lipinski definition) is 6. The smallest absolute Gasteiger partial charge is 0.0238 e. The van der Waals surface area contributed by atoms with E-state index in [4.69, 9.17) is 0 Å². The van der Waals surface area contributed by atoms with Gasteiger partial charge in [0.25, 0.3) is 0 Å². The van der Waals surface area contributed by atoms with Gasteiger partial charge in [-0.3, -0.25) is 0 Å². The SMILES string of the molecule is Cc1ccccc1.c1ccc(SCc2c(CSc3ccccc3)c(CSc3ccccc3)c(CSc3ccccc3)c(CSc3ccccc3)c2CSc2ccccc2)cc1. The van der Waals surface area contributed by atoms with Crippen molar-refractivity contribution >= 4 is 70.6 Å². The number of rotatable bonds is 18. The zero-order valence-corrected chi connectivity index (χ0v) is 39.3. The molecule has 0 aliphatic rings. The maximum absolute atomic E-state index is 2.25. The predicted molar refractivity (Wildman–Crippen MR) is 274 cm³/mol. The minimum atomic E-state index is 0.928. The summed E-state index contributed by atoms with van der Waals surface area (Å²) in [7, 11) is 0. The predicted octanol–water partition coefficient (Wildman–Crippen LogP) is 17.4. The Morgan fingerprint density at radius 1 is 0.213 bits per heavy atom. The second kappa shape index (κ2) is 25.1. The van der Waals surface area contributed by atoms with Crippen LogP contribution in [-0.4, -0.2) is 0 Å². The summed E-state index contributed by atoms with van der Waals surface area (Å²) in [6.07, 6.45) is 0. The molecule has 0 amide bonds. The van der Waals surface area contributed by atoms with Crippen LogP contribution in [0.5, 0.6) is 0 Å². The van der Waals surface area contributed by atoms with E-state index in [1.165, 1.54) is 68.3 Å². The molecule has 0 bridgehead atoms. The van der Waals surface area contributed by atoms with Gasteiger partial charge in [-0.05, 0) is 113 Å². The highest BCUT2D eigenvalue weighted by Crippen LogP contribution is 2.44. The molecule has 0 fully saturated rings.